The van der Waals surface area contributed by atoms with Gasteiger partial charge in [-0.05, 0) is 12.5 Å². The summed E-state index contributed by atoms with van der Waals surface area (Å²) < 4.78 is 0. The highest BCUT2D eigenvalue weighted by atomic mass is 16.7. The molecule has 0 saturated heterocycles. The van der Waals surface area contributed by atoms with Crippen LogP contribution in [0.4, 0.5) is 0 Å². The minimum Gasteiger partial charge on any atom is -0.332 e. The zero-order valence-electron chi connectivity index (χ0n) is 4.63. The van der Waals surface area contributed by atoms with Crippen molar-refractivity contribution in [1.82, 2.24) is 0 Å². The molecule has 0 aliphatic carbocycles. The van der Waals surface area contributed by atoms with Crippen LogP contribution in [0.5, 0.6) is 0 Å². The highest BCUT2D eigenvalue weighted by molar-refractivity contribution is 5.09. The van der Waals surface area contributed by atoms with Gasteiger partial charge in [-0.1, -0.05) is 12.7 Å². The summed E-state index contributed by atoms with van der Waals surface area (Å²) in [6.07, 6.45) is 2.78. The molecule has 0 atom stereocenters. The number of rotatable bonds is 3. The third-order valence-electron chi connectivity index (χ3n) is 0.604. The molecule has 8 heavy (non-hydrogen) atoms. The minimum atomic E-state index is 0.768. The Kier molecular flexibility index (Phi) is 3.48. The van der Waals surface area contributed by atoms with Crippen molar-refractivity contribution in [3.63, 3.8) is 0 Å². The van der Waals surface area contributed by atoms with E-state index in [1.54, 1.807) is 13.0 Å². The average Bonchev–Trinajstić information content (AvgIpc) is 1.83. The summed E-state index contributed by atoms with van der Waals surface area (Å²) in [6, 6.07) is 0. The fraction of sp³-hybridized carbons (Fsp3) is 0.200. The number of hydrogen-bond donors (Lipinski definition) is 0. The van der Waals surface area contributed by atoms with Gasteiger partial charge >= 0.3 is 0 Å². The Bertz CT molecular complexity index is 118. The standard InChI is InChI=1S/C5H7NO2/c1-3-5(2)4-8-6-7/h3-4H,1H2,2H3. The Morgan fingerprint density at radius 2 is 2.50 bits per heavy atom. The van der Waals surface area contributed by atoms with Crippen LogP contribution in [0.1, 0.15) is 6.92 Å². The second-order valence-corrected chi connectivity index (χ2v) is 1.25. The van der Waals surface area contributed by atoms with E-state index < -0.39 is 0 Å². The number of allylic oxidation sites excluding steroid dienone is 2. The number of hydrogen-bond acceptors (Lipinski definition) is 3. The SMILES string of the molecule is C=CC(C)=CON=O. The van der Waals surface area contributed by atoms with Crippen LogP contribution in [0.2, 0.25) is 0 Å². The first kappa shape index (κ1) is 6.88. The van der Waals surface area contributed by atoms with Crippen molar-refractivity contribution in [1.29, 1.82) is 0 Å². The lowest BCUT2D eigenvalue weighted by atomic mass is 10.3. The fourth-order valence-electron chi connectivity index (χ4n) is 0.153. The second-order valence-electron chi connectivity index (χ2n) is 1.25. The Morgan fingerprint density at radius 3 is 2.88 bits per heavy atom. The van der Waals surface area contributed by atoms with Gasteiger partial charge < -0.3 is 4.84 Å². The molecule has 0 aliphatic rings. The fourth-order valence-corrected chi connectivity index (χ4v) is 0.153. The lowest BCUT2D eigenvalue weighted by molar-refractivity contribution is 0.260. The van der Waals surface area contributed by atoms with Crippen molar-refractivity contribution in [2.75, 3.05) is 0 Å². The molecule has 0 N–H and O–H groups in total. The van der Waals surface area contributed by atoms with Crippen molar-refractivity contribution in [2.45, 2.75) is 6.92 Å². The van der Waals surface area contributed by atoms with Gasteiger partial charge in [0.25, 0.3) is 0 Å². The molecule has 0 rings (SSSR count). The minimum absolute atomic E-state index is 0.768. The van der Waals surface area contributed by atoms with Crippen molar-refractivity contribution in [3.8, 4) is 0 Å². The van der Waals surface area contributed by atoms with Gasteiger partial charge in [-0.15, -0.1) is 4.91 Å². The molecule has 3 nitrogen and oxygen atoms in total. The Hall–Kier alpha value is -1.12. The maximum Gasteiger partial charge on any atom is 0.160 e. The summed E-state index contributed by atoms with van der Waals surface area (Å²) >= 11 is 0. The van der Waals surface area contributed by atoms with Gasteiger partial charge in [0.15, 0.2) is 5.34 Å². The van der Waals surface area contributed by atoms with Gasteiger partial charge in [-0.3, -0.25) is 0 Å². The van der Waals surface area contributed by atoms with Crippen LogP contribution in [-0.4, -0.2) is 0 Å². The second kappa shape index (κ2) is 4.05. The number of nitrogens with zero attached hydrogens (tertiary/aromatic N) is 1. The van der Waals surface area contributed by atoms with Gasteiger partial charge in [-0.2, -0.15) is 0 Å². The predicted octanol–water partition coefficient (Wildman–Crippen LogP) is 1.77. The molecule has 0 aromatic heterocycles. The predicted molar refractivity (Wildman–Crippen MR) is 30.8 cm³/mol. The first-order valence-electron chi connectivity index (χ1n) is 2.09. The molecule has 0 radical (unpaired) electrons. The van der Waals surface area contributed by atoms with Crippen molar-refractivity contribution < 1.29 is 4.84 Å². The normalized spacial score (nSPS) is 10.4. The van der Waals surface area contributed by atoms with E-state index in [0.29, 0.717) is 0 Å². The van der Waals surface area contributed by atoms with E-state index in [9.17, 15) is 4.91 Å². The summed E-state index contributed by atoms with van der Waals surface area (Å²) in [5, 5.41) is 2.15. The molecule has 0 aromatic carbocycles. The van der Waals surface area contributed by atoms with E-state index in [4.69, 9.17) is 0 Å². The quantitative estimate of drug-likeness (QED) is 0.242. The van der Waals surface area contributed by atoms with E-state index in [1.165, 1.54) is 6.26 Å². The van der Waals surface area contributed by atoms with Crippen molar-refractivity contribution in [2.24, 2.45) is 5.34 Å². The van der Waals surface area contributed by atoms with Gasteiger partial charge in [0.1, 0.15) is 6.26 Å². The molecular formula is C5H7NO2. The maximum absolute atomic E-state index is 9.27. The summed E-state index contributed by atoms with van der Waals surface area (Å²) in [7, 11) is 0. The van der Waals surface area contributed by atoms with E-state index in [-0.39, 0.29) is 0 Å². The summed E-state index contributed by atoms with van der Waals surface area (Å²) in [6.45, 7) is 5.17. The van der Waals surface area contributed by atoms with E-state index >= 15 is 0 Å². The Morgan fingerprint density at radius 1 is 1.88 bits per heavy atom. The van der Waals surface area contributed by atoms with Crippen LogP contribution in [0.15, 0.2) is 29.8 Å². The molecule has 0 unspecified atom stereocenters. The maximum atomic E-state index is 9.27. The molecule has 0 bridgehead atoms. The first-order valence-corrected chi connectivity index (χ1v) is 2.09. The lowest BCUT2D eigenvalue weighted by Crippen LogP contribution is -1.67. The van der Waals surface area contributed by atoms with Crippen LogP contribution < -0.4 is 0 Å². The Balaban J connectivity index is 3.56. The van der Waals surface area contributed by atoms with Crippen LogP contribution >= 0.6 is 0 Å². The molecule has 0 amide bonds. The van der Waals surface area contributed by atoms with Crippen LogP contribution in [-0.2, 0) is 4.84 Å². The van der Waals surface area contributed by atoms with E-state index in [0.717, 1.165) is 5.57 Å². The van der Waals surface area contributed by atoms with Gasteiger partial charge in [-0.25, -0.2) is 0 Å². The summed E-state index contributed by atoms with van der Waals surface area (Å²) in [5.74, 6) is 0. The van der Waals surface area contributed by atoms with Crippen LogP contribution in [0.25, 0.3) is 0 Å². The molecule has 44 valence electrons. The zero-order valence-corrected chi connectivity index (χ0v) is 4.63. The third kappa shape index (κ3) is 3.08. The van der Waals surface area contributed by atoms with Gasteiger partial charge in [0.05, 0.1) is 0 Å². The smallest absolute Gasteiger partial charge is 0.160 e. The summed E-state index contributed by atoms with van der Waals surface area (Å²) in [4.78, 5) is 13.3. The van der Waals surface area contributed by atoms with Crippen molar-refractivity contribution in [3.05, 3.63) is 29.4 Å². The van der Waals surface area contributed by atoms with Crippen LogP contribution in [0.3, 0.4) is 0 Å². The summed E-state index contributed by atoms with van der Waals surface area (Å²) in [5.41, 5.74) is 0.768. The molecule has 3 heteroatoms. The van der Waals surface area contributed by atoms with Gasteiger partial charge in [0.2, 0.25) is 0 Å². The average molecular weight is 113 g/mol. The van der Waals surface area contributed by atoms with E-state index in [1.807, 2.05) is 0 Å². The van der Waals surface area contributed by atoms with E-state index in [2.05, 4.69) is 16.8 Å². The molecule has 0 heterocycles. The molecule has 0 aliphatic heterocycles. The topological polar surface area (TPSA) is 38.7 Å². The van der Waals surface area contributed by atoms with Crippen molar-refractivity contribution >= 4 is 0 Å². The molecule has 0 fully saturated rings. The Labute approximate surface area is 47.6 Å². The highest BCUT2D eigenvalue weighted by Gasteiger charge is 1.76. The largest absolute Gasteiger partial charge is 0.332 e. The lowest BCUT2D eigenvalue weighted by Gasteiger charge is -1.83. The molecule has 0 saturated carbocycles. The monoisotopic (exact) mass is 113 g/mol. The third-order valence-corrected chi connectivity index (χ3v) is 0.604. The molecule has 0 aromatic rings. The van der Waals surface area contributed by atoms with Gasteiger partial charge in [0, 0.05) is 0 Å². The highest BCUT2D eigenvalue weighted by Crippen LogP contribution is 1.91. The zero-order chi connectivity index (χ0) is 6.41. The molecule has 0 spiro atoms. The first-order chi connectivity index (χ1) is 3.81. The molecular weight excluding hydrogens is 106 g/mol. The van der Waals surface area contributed by atoms with Crippen LogP contribution in [0, 0.1) is 4.91 Å².